The molecule has 0 bridgehead atoms. The summed E-state index contributed by atoms with van der Waals surface area (Å²) in [5, 5.41) is 0. The van der Waals surface area contributed by atoms with E-state index in [9.17, 15) is 4.79 Å². The van der Waals surface area contributed by atoms with Crippen molar-refractivity contribution in [2.24, 2.45) is 5.41 Å². The zero-order valence-corrected chi connectivity index (χ0v) is 15.8. The molecule has 25 heavy (non-hydrogen) atoms. The molecular formula is C19H29N5O. The Balaban J connectivity index is 1.63. The van der Waals surface area contributed by atoms with Gasteiger partial charge in [-0.2, -0.15) is 0 Å². The van der Waals surface area contributed by atoms with E-state index in [0.29, 0.717) is 12.3 Å². The van der Waals surface area contributed by atoms with E-state index in [1.807, 2.05) is 30.1 Å². The van der Waals surface area contributed by atoms with Gasteiger partial charge in [-0.25, -0.2) is 4.98 Å². The Kier molecular flexibility index (Phi) is 4.97. The Morgan fingerprint density at radius 1 is 1.28 bits per heavy atom. The van der Waals surface area contributed by atoms with Gasteiger partial charge >= 0.3 is 0 Å². The summed E-state index contributed by atoms with van der Waals surface area (Å²) in [6, 6.07) is 0. The first-order valence-electron chi connectivity index (χ1n) is 9.04. The number of amides is 1. The fourth-order valence-corrected chi connectivity index (χ4v) is 3.70. The van der Waals surface area contributed by atoms with Crippen LogP contribution in [-0.2, 0) is 4.79 Å². The molecule has 3 rings (SSSR count). The number of allylic oxidation sites excluding steroid dienone is 1. The maximum Gasteiger partial charge on any atom is 0.223 e. The second-order valence-electron chi connectivity index (χ2n) is 7.85. The van der Waals surface area contributed by atoms with E-state index in [2.05, 4.69) is 29.8 Å². The van der Waals surface area contributed by atoms with Gasteiger partial charge in [0.1, 0.15) is 11.6 Å². The molecule has 0 unspecified atom stereocenters. The second kappa shape index (κ2) is 7.02. The summed E-state index contributed by atoms with van der Waals surface area (Å²) in [4.78, 5) is 27.7. The van der Waals surface area contributed by atoms with Crippen molar-refractivity contribution in [3.8, 4) is 0 Å². The van der Waals surface area contributed by atoms with Gasteiger partial charge in [0, 0.05) is 52.1 Å². The maximum absolute atomic E-state index is 12.4. The number of nitrogens with zero attached hydrogens (tertiary/aromatic N) is 5. The molecule has 2 saturated heterocycles. The summed E-state index contributed by atoms with van der Waals surface area (Å²) in [6.45, 7) is 7.69. The summed E-state index contributed by atoms with van der Waals surface area (Å²) in [5.74, 6) is 2.12. The highest BCUT2D eigenvalue weighted by Crippen LogP contribution is 2.41. The maximum atomic E-state index is 12.4. The minimum Gasteiger partial charge on any atom is -0.361 e. The molecule has 1 spiro atoms. The Bertz CT molecular complexity index is 658. The molecule has 0 atom stereocenters. The van der Waals surface area contributed by atoms with E-state index in [-0.39, 0.29) is 5.41 Å². The molecule has 0 N–H and O–H groups in total. The number of hydrogen-bond acceptors (Lipinski definition) is 5. The van der Waals surface area contributed by atoms with E-state index < -0.39 is 0 Å². The van der Waals surface area contributed by atoms with Crippen LogP contribution in [0.2, 0.25) is 0 Å². The summed E-state index contributed by atoms with van der Waals surface area (Å²) >= 11 is 0. The molecular weight excluding hydrogens is 314 g/mol. The number of hydrogen-bond donors (Lipinski definition) is 0. The predicted octanol–water partition coefficient (Wildman–Crippen LogP) is 2.33. The van der Waals surface area contributed by atoms with Crippen molar-refractivity contribution in [2.75, 3.05) is 50.1 Å². The van der Waals surface area contributed by atoms with Gasteiger partial charge in [0.15, 0.2) is 0 Å². The van der Waals surface area contributed by atoms with Gasteiger partial charge in [-0.1, -0.05) is 11.6 Å². The van der Waals surface area contributed by atoms with Gasteiger partial charge in [-0.3, -0.25) is 9.78 Å². The van der Waals surface area contributed by atoms with Crippen molar-refractivity contribution in [3.63, 3.8) is 0 Å². The van der Waals surface area contributed by atoms with Crippen LogP contribution in [0.4, 0.5) is 11.6 Å². The molecule has 2 aliphatic rings. The van der Waals surface area contributed by atoms with Crippen LogP contribution in [0.25, 0.3) is 0 Å². The molecule has 2 aliphatic heterocycles. The van der Waals surface area contributed by atoms with Crippen LogP contribution >= 0.6 is 0 Å². The highest BCUT2D eigenvalue weighted by molar-refractivity contribution is 5.79. The minimum absolute atomic E-state index is 0.148. The number of rotatable bonds is 4. The van der Waals surface area contributed by atoms with Crippen molar-refractivity contribution in [3.05, 3.63) is 24.0 Å². The summed E-state index contributed by atoms with van der Waals surface area (Å²) in [6.07, 6.45) is 8.54. The van der Waals surface area contributed by atoms with Gasteiger partial charge in [0.05, 0.1) is 12.4 Å². The molecule has 0 aliphatic carbocycles. The SMILES string of the molecule is CC(C)=CCN1CC2(CCN(c3cncc(N(C)C)n3)CC2)CC1=O. The Hall–Kier alpha value is -2.11. The van der Waals surface area contributed by atoms with E-state index in [1.54, 1.807) is 6.20 Å². The number of carbonyl (C=O) groups excluding carboxylic acids is 1. The lowest BCUT2D eigenvalue weighted by Gasteiger charge is -2.39. The topological polar surface area (TPSA) is 52.6 Å². The van der Waals surface area contributed by atoms with Gasteiger partial charge in [-0.05, 0) is 26.7 Å². The van der Waals surface area contributed by atoms with Gasteiger partial charge in [0.2, 0.25) is 5.91 Å². The average molecular weight is 343 g/mol. The third-order valence-electron chi connectivity index (χ3n) is 5.34. The lowest BCUT2D eigenvalue weighted by Crippen LogP contribution is -2.42. The lowest BCUT2D eigenvalue weighted by molar-refractivity contribution is -0.127. The van der Waals surface area contributed by atoms with Crippen LogP contribution in [0.1, 0.15) is 33.1 Å². The molecule has 3 heterocycles. The predicted molar refractivity (Wildman–Crippen MR) is 101 cm³/mol. The summed E-state index contributed by atoms with van der Waals surface area (Å²) in [5.41, 5.74) is 1.42. The molecule has 6 heteroatoms. The fraction of sp³-hybridized carbons (Fsp3) is 0.632. The van der Waals surface area contributed by atoms with Gasteiger partial charge < -0.3 is 14.7 Å². The largest absolute Gasteiger partial charge is 0.361 e. The number of likely N-dealkylation sites (tertiary alicyclic amines) is 1. The first kappa shape index (κ1) is 17.7. The summed E-state index contributed by atoms with van der Waals surface area (Å²) in [7, 11) is 3.95. The van der Waals surface area contributed by atoms with Crippen molar-refractivity contribution in [1.82, 2.24) is 14.9 Å². The van der Waals surface area contributed by atoms with E-state index >= 15 is 0 Å². The molecule has 0 radical (unpaired) electrons. The highest BCUT2D eigenvalue weighted by atomic mass is 16.2. The summed E-state index contributed by atoms with van der Waals surface area (Å²) < 4.78 is 0. The quantitative estimate of drug-likeness (QED) is 0.786. The number of aromatic nitrogens is 2. The van der Waals surface area contributed by atoms with E-state index in [1.165, 1.54) is 5.57 Å². The Morgan fingerprint density at radius 3 is 2.64 bits per heavy atom. The third-order valence-corrected chi connectivity index (χ3v) is 5.34. The van der Waals surface area contributed by atoms with Gasteiger partial charge in [-0.15, -0.1) is 0 Å². The van der Waals surface area contributed by atoms with Crippen molar-refractivity contribution in [1.29, 1.82) is 0 Å². The standard InChI is InChI=1S/C19H29N5O/c1-15(2)5-8-24-14-19(11-18(24)25)6-9-23(10-7-19)17-13-20-12-16(21-17)22(3)4/h5,12-13H,6-11,14H2,1-4H3. The van der Waals surface area contributed by atoms with Crippen LogP contribution in [0.15, 0.2) is 24.0 Å². The van der Waals surface area contributed by atoms with Crippen molar-refractivity contribution < 1.29 is 4.79 Å². The van der Waals surface area contributed by atoms with E-state index in [0.717, 1.165) is 50.7 Å². The fourth-order valence-electron chi connectivity index (χ4n) is 3.70. The first-order valence-corrected chi connectivity index (χ1v) is 9.04. The minimum atomic E-state index is 0.148. The molecule has 2 fully saturated rings. The number of piperidine rings is 1. The Morgan fingerprint density at radius 2 is 2.00 bits per heavy atom. The number of carbonyl (C=O) groups is 1. The molecule has 1 aromatic rings. The first-order chi connectivity index (χ1) is 11.9. The van der Waals surface area contributed by atoms with Crippen LogP contribution in [-0.4, -0.2) is 61.0 Å². The molecule has 0 saturated carbocycles. The highest BCUT2D eigenvalue weighted by Gasteiger charge is 2.44. The molecule has 1 amide bonds. The molecule has 136 valence electrons. The normalized spacial score (nSPS) is 19.4. The Labute approximate surface area is 150 Å². The van der Waals surface area contributed by atoms with Crippen LogP contribution in [0, 0.1) is 5.41 Å². The molecule has 1 aromatic heterocycles. The third kappa shape index (κ3) is 3.94. The van der Waals surface area contributed by atoms with E-state index in [4.69, 9.17) is 4.98 Å². The van der Waals surface area contributed by atoms with Crippen LogP contribution < -0.4 is 9.80 Å². The molecule has 0 aromatic carbocycles. The molecule has 6 nitrogen and oxygen atoms in total. The number of anilines is 2. The van der Waals surface area contributed by atoms with Crippen LogP contribution in [0.5, 0.6) is 0 Å². The smallest absolute Gasteiger partial charge is 0.223 e. The monoisotopic (exact) mass is 343 g/mol. The van der Waals surface area contributed by atoms with Crippen molar-refractivity contribution >= 4 is 17.5 Å². The van der Waals surface area contributed by atoms with Gasteiger partial charge in [0.25, 0.3) is 0 Å². The van der Waals surface area contributed by atoms with Crippen molar-refractivity contribution in [2.45, 2.75) is 33.1 Å². The average Bonchev–Trinajstić information content (AvgIpc) is 2.89. The zero-order chi connectivity index (χ0) is 18.0. The lowest BCUT2D eigenvalue weighted by atomic mass is 9.77. The zero-order valence-electron chi connectivity index (χ0n) is 15.8. The van der Waals surface area contributed by atoms with Crippen LogP contribution in [0.3, 0.4) is 0 Å². The second-order valence-corrected chi connectivity index (χ2v) is 7.85.